The number of piperazine rings is 1. The highest BCUT2D eigenvalue weighted by Crippen LogP contribution is 2.34. The van der Waals surface area contributed by atoms with Gasteiger partial charge in [0, 0.05) is 32.2 Å². The van der Waals surface area contributed by atoms with Gasteiger partial charge in [0.15, 0.2) is 11.5 Å². The second kappa shape index (κ2) is 12.6. The molecule has 0 radical (unpaired) electrons. The third-order valence-corrected chi connectivity index (χ3v) is 4.47. The van der Waals surface area contributed by atoms with Crippen molar-refractivity contribution in [3.8, 4) is 11.5 Å². The Morgan fingerprint density at radius 3 is 2.29 bits per heavy atom. The van der Waals surface area contributed by atoms with Crippen molar-refractivity contribution in [1.82, 2.24) is 10.2 Å². The van der Waals surface area contributed by atoms with E-state index < -0.39 is 0 Å². The van der Waals surface area contributed by atoms with E-state index in [1.807, 2.05) is 6.07 Å². The van der Waals surface area contributed by atoms with E-state index in [0.29, 0.717) is 6.04 Å². The second-order valence-corrected chi connectivity index (χ2v) is 5.91. The summed E-state index contributed by atoms with van der Waals surface area (Å²) in [6, 6.07) is 6.86. The highest BCUT2D eigenvalue weighted by atomic mass is 35.5. The molecule has 4 nitrogen and oxygen atoms in total. The lowest BCUT2D eigenvalue weighted by molar-refractivity contribution is 0.162. The molecule has 1 saturated heterocycles. The first-order chi connectivity index (χ1) is 10.8. The summed E-state index contributed by atoms with van der Waals surface area (Å²) in [5.41, 5.74) is 1.34. The molecule has 0 amide bonds. The van der Waals surface area contributed by atoms with Crippen molar-refractivity contribution in [3.05, 3.63) is 23.8 Å². The highest BCUT2D eigenvalue weighted by Gasteiger charge is 2.22. The Kier molecular flexibility index (Phi) is 12.3. The molecule has 0 bridgehead atoms. The number of unbranched alkanes of at least 4 members (excludes halogenated alkanes) is 2. The summed E-state index contributed by atoms with van der Waals surface area (Å²) in [5, 5.41) is 3.44. The molecule has 0 aromatic heterocycles. The topological polar surface area (TPSA) is 33.7 Å². The van der Waals surface area contributed by atoms with Gasteiger partial charge in [-0.25, -0.2) is 0 Å². The number of nitrogens with one attached hydrogen (secondary N) is 1. The lowest BCUT2D eigenvalue weighted by Gasteiger charge is -2.35. The Morgan fingerprint density at radius 1 is 1.04 bits per heavy atom. The first kappa shape index (κ1) is 23.3. The molecule has 1 aromatic carbocycles. The zero-order chi connectivity index (χ0) is 15.8. The number of nitrogens with zero attached hydrogens (tertiary/aromatic N) is 1. The van der Waals surface area contributed by atoms with Gasteiger partial charge in [0.2, 0.25) is 0 Å². The molecule has 2 rings (SSSR count). The van der Waals surface area contributed by atoms with E-state index in [9.17, 15) is 0 Å². The second-order valence-electron chi connectivity index (χ2n) is 5.91. The molecule has 0 saturated carbocycles. The van der Waals surface area contributed by atoms with Crippen LogP contribution >= 0.6 is 24.8 Å². The van der Waals surface area contributed by atoms with E-state index in [0.717, 1.165) is 37.7 Å². The summed E-state index contributed by atoms with van der Waals surface area (Å²) in [7, 11) is 3.39. The van der Waals surface area contributed by atoms with E-state index in [2.05, 4.69) is 29.3 Å². The van der Waals surface area contributed by atoms with Crippen molar-refractivity contribution >= 4 is 24.8 Å². The summed E-state index contributed by atoms with van der Waals surface area (Å²) >= 11 is 0. The SMILES string of the molecule is CCCCC[C@H](c1ccc(OC)c(OC)c1)N1CCNCC1.Cl.Cl. The van der Waals surface area contributed by atoms with E-state index in [4.69, 9.17) is 9.47 Å². The molecule has 0 unspecified atom stereocenters. The molecule has 1 aromatic rings. The molecule has 1 N–H and O–H groups in total. The molecule has 1 aliphatic rings. The van der Waals surface area contributed by atoms with Gasteiger partial charge in [-0.3, -0.25) is 4.90 Å². The summed E-state index contributed by atoms with van der Waals surface area (Å²) in [5.74, 6) is 1.63. The number of rotatable bonds is 8. The maximum absolute atomic E-state index is 5.48. The fourth-order valence-electron chi connectivity index (χ4n) is 3.20. The first-order valence-electron chi connectivity index (χ1n) is 8.46. The number of halogens is 2. The highest BCUT2D eigenvalue weighted by molar-refractivity contribution is 5.85. The van der Waals surface area contributed by atoms with Crippen molar-refractivity contribution < 1.29 is 9.47 Å². The lowest BCUT2D eigenvalue weighted by Crippen LogP contribution is -2.45. The van der Waals surface area contributed by atoms with Crippen molar-refractivity contribution in [2.45, 2.75) is 38.6 Å². The van der Waals surface area contributed by atoms with Crippen LogP contribution in [0.1, 0.15) is 44.2 Å². The fourth-order valence-corrected chi connectivity index (χ4v) is 3.20. The Balaban J connectivity index is 0.00000264. The number of benzene rings is 1. The molecule has 24 heavy (non-hydrogen) atoms. The van der Waals surface area contributed by atoms with Crippen LogP contribution in [0.5, 0.6) is 11.5 Å². The van der Waals surface area contributed by atoms with Crippen molar-refractivity contribution in [2.75, 3.05) is 40.4 Å². The maximum Gasteiger partial charge on any atom is 0.161 e. The molecule has 1 aliphatic heterocycles. The van der Waals surface area contributed by atoms with Gasteiger partial charge in [0.25, 0.3) is 0 Å². The number of hydrogen-bond acceptors (Lipinski definition) is 4. The molecular formula is C18H32Cl2N2O2. The Hall–Kier alpha value is -0.680. The van der Waals surface area contributed by atoms with Gasteiger partial charge in [-0.1, -0.05) is 32.3 Å². The van der Waals surface area contributed by atoms with Gasteiger partial charge in [0.05, 0.1) is 14.2 Å². The van der Waals surface area contributed by atoms with Gasteiger partial charge in [-0.15, -0.1) is 24.8 Å². The van der Waals surface area contributed by atoms with Gasteiger partial charge < -0.3 is 14.8 Å². The Morgan fingerprint density at radius 2 is 1.71 bits per heavy atom. The quantitative estimate of drug-likeness (QED) is 0.691. The largest absolute Gasteiger partial charge is 0.493 e. The Bertz CT molecular complexity index is 455. The molecule has 1 heterocycles. The van der Waals surface area contributed by atoms with Crippen LogP contribution in [-0.4, -0.2) is 45.3 Å². The van der Waals surface area contributed by atoms with E-state index in [1.165, 1.54) is 31.2 Å². The summed E-state index contributed by atoms with van der Waals surface area (Å²) in [6.07, 6.45) is 5.05. The average molecular weight is 379 g/mol. The van der Waals surface area contributed by atoms with Crippen LogP contribution in [0.2, 0.25) is 0 Å². The lowest BCUT2D eigenvalue weighted by atomic mass is 9.97. The molecule has 6 heteroatoms. The van der Waals surface area contributed by atoms with Crippen molar-refractivity contribution in [2.24, 2.45) is 0 Å². The van der Waals surface area contributed by atoms with Crippen LogP contribution in [0.25, 0.3) is 0 Å². The zero-order valence-corrected chi connectivity index (χ0v) is 16.7. The number of ether oxygens (including phenoxy) is 2. The van der Waals surface area contributed by atoms with Crippen LogP contribution in [0.15, 0.2) is 18.2 Å². The fraction of sp³-hybridized carbons (Fsp3) is 0.667. The van der Waals surface area contributed by atoms with Gasteiger partial charge >= 0.3 is 0 Å². The van der Waals surface area contributed by atoms with E-state index in [-0.39, 0.29) is 24.8 Å². The third kappa shape index (κ3) is 6.32. The summed E-state index contributed by atoms with van der Waals surface area (Å²) in [4.78, 5) is 2.60. The minimum atomic E-state index is 0. The molecule has 1 fully saturated rings. The van der Waals surface area contributed by atoms with Gasteiger partial charge in [-0.2, -0.15) is 0 Å². The standard InChI is InChI=1S/C18H30N2O2.2ClH/c1-4-5-6-7-16(20-12-10-19-11-13-20)15-8-9-17(21-2)18(14-15)22-3;;/h8-9,14,16,19H,4-7,10-13H2,1-3H3;2*1H/t16-;;/m1../s1. The molecule has 0 aliphatic carbocycles. The van der Waals surface area contributed by atoms with Crippen LogP contribution < -0.4 is 14.8 Å². The minimum absolute atomic E-state index is 0. The number of methoxy groups -OCH3 is 2. The normalized spacial score (nSPS) is 15.8. The molecular weight excluding hydrogens is 347 g/mol. The first-order valence-corrected chi connectivity index (χ1v) is 8.46. The van der Waals surface area contributed by atoms with E-state index >= 15 is 0 Å². The number of hydrogen-bond donors (Lipinski definition) is 1. The van der Waals surface area contributed by atoms with Crippen LogP contribution in [0.4, 0.5) is 0 Å². The van der Waals surface area contributed by atoms with E-state index in [1.54, 1.807) is 14.2 Å². The Labute approximate surface area is 159 Å². The molecule has 140 valence electrons. The van der Waals surface area contributed by atoms with Crippen LogP contribution in [-0.2, 0) is 0 Å². The van der Waals surface area contributed by atoms with Crippen LogP contribution in [0.3, 0.4) is 0 Å². The minimum Gasteiger partial charge on any atom is -0.493 e. The summed E-state index contributed by atoms with van der Waals surface area (Å²) < 4.78 is 10.9. The smallest absolute Gasteiger partial charge is 0.161 e. The molecule has 1 atom stereocenters. The average Bonchev–Trinajstić information content (AvgIpc) is 2.59. The zero-order valence-electron chi connectivity index (χ0n) is 15.0. The van der Waals surface area contributed by atoms with Crippen LogP contribution in [0, 0.1) is 0 Å². The van der Waals surface area contributed by atoms with Gasteiger partial charge in [-0.05, 0) is 24.1 Å². The third-order valence-electron chi connectivity index (χ3n) is 4.47. The predicted molar refractivity (Wildman–Crippen MR) is 105 cm³/mol. The van der Waals surface area contributed by atoms with Gasteiger partial charge in [0.1, 0.15) is 0 Å². The molecule has 0 spiro atoms. The monoisotopic (exact) mass is 378 g/mol. The predicted octanol–water partition coefficient (Wildman–Crippen LogP) is 4.07. The van der Waals surface area contributed by atoms with Crippen molar-refractivity contribution in [3.63, 3.8) is 0 Å². The van der Waals surface area contributed by atoms with Crippen molar-refractivity contribution in [1.29, 1.82) is 0 Å². The summed E-state index contributed by atoms with van der Waals surface area (Å²) in [6.45, 7) is 6.65. The maximum atomic E-state index is 5.48.